The fourth-order valence-corrected chi connectivity index (χ4v) is 3.43. The first-order valence-electron chi connectivity index (χ1n) is 12.0. The second-order valence-corrected chi connectivity index (χ2v) is 8.75. The van der Waals surface area contributed by atoms with E-state index in [0.717, 1.165) is 6.07 Å². The van der Waals surface area contributed by atoms with E-state index in [9.17, 15) is 49.0 Å². The van der Waals surface area contributed by atoms with Gasteiger partial charge in [0, 0.05) is 11.6 Å². The van der Waals surface area contributed by atoms with Crippen LogP contribution in [-0.4, -0.2) is 42.6 Å². The van der Waals surface area contributed by atoms with Crippen LogP contribution in [0.15, 0.2) is 72.8 Å². The van der Waals surface area contributed by atoms with Crippen LogP contribution in [0, 0.1) is 0 Å². The number of benzene rings is 3. The van der Waals surface area contributed by atoms with Crippen LogP contribution in [0.2, 0.25) is 0 Å². The lowest BCUT2D eigenvalue weighted by Gasteiger charge is -2.30. The van der Waals surface area contributed by atoms with Crippen molar-refractivity contribution < 1.29 is 63.3 Å². The average molecular weight is 615 g/mol. The Kier molecular flexibility index (Phi) is 9.75. The van der Waals surface area contributed by atoms with Crippen LogP contribution in [0.1, 0.15) is 18.1 Å². The number of anilines is 1. The molecule has 0 fully saturated rings. The zero-order chi connectivity index (χ0) is 31.3. The summed E-state index contributed by atoms with van der Waals surface area (Å²) in [6.45, 7) is 0.928. The molecule has 0 saturated heterocycles. The summed E-state index contributed by atoms with van der Waals surface area (Å²) in [6, 6.07) is 13.8. The van der Waals surface area contributed by atoms with Crippen LogP contribution in [-0.2, 0) is 12.5 Å². The van der Waals surface area contributed by atoms with Gasteiger partial charge in [0.25, 0.3) is 0 Å². The van der Waals surface area contributed by atoms with E-state index in [1.807, 2.05) is 6.92 Å². The number of hydrogen-bond acceptors (Lipinski definition) is 5. The van der Waals surface area contributed by atoms with Crippen LogP contribution < -0.4 is 19.4 Å². The Labute approximate surface area is 232 Å². The van der Waals surface area contributed by atoms with Crippen LogP contribution >= 0.6 is 0 Å². The average Bonchev–Trinajstić information content (AvgIpc) is 2.91. The van der Waals surface area contributed by atoms with E-state index in [2.05, 4.69) is 0 Å². The van der Waals surface area contributed by atoms with Crippen LogP contribution in [0.3, 0.4) is 0 Å². The molecule has 0 spiro atoms. The molecule has 3 aromatic rings. The minimum atomic E-state index is -6.61. The van der Waals surface area contributed by atoms with Crippen molar-refractivity contribution in [1.82, 2.24) is 0 Å². The van der Waals surface area contributed by atoms with Gasteiger partial charge in [-0.15, -0.1) is 0 Å². The van der Waals surface area contributed by atoms with E-state index in [1.165, 1.54) is 24.3 Å². The lowest BCUT2D eigenvalue weighted by Crippen LogP contribution is -2.50. The maximum Gasteiger partial charge on any atom is 0.460 e. The highest BCUT2D eigenvalue weighted by molar-refractivity contribution is 5.50. The summed E-state index contributed by atoms with van der Waals surface area (Å²) in [7, 11) is 0. The molecule has 0 aliphatic carbocycles. The second-order valence-electron chi connectivity index (χ2n) is 8.75. The molecule has 0 radical (unpaired) electrons. The van der Waals surface area contributed by atoms with Crippen molar-refractivity contribution in [2.24, 2.45) is 0 Å². The smallest absolute Gasteiger partial charge is 0.460 e. The normalized spacial score (nSPS) is 13.4. The Bertz CT molecular complexity index is 1310. The molecule has 0 aliphatic heterocycles. The van der Waals surface area contributed by atoms with Crippen LogP contribution in [0.4, 0.5) is 49.6 Å². The quantitative estimate of drug-likeness (QED) is 0.167. The minimum Gasteiger partial charge on any atom is -0.494 e. The molecule has 0 heterocycles. The lowest BCUT2D eigenvalue weighted by atomic mass is 10.0. The van der Waals surface area contributed by atoms with Gasteiger partial charge in [-0.2, -0.15) is 43.9 Å². The van der Waals surface area contributed by atoms with Gasteiger partial charge in [0.1, 0.15) is 18.1 Å². The number of halogens is 10. The van der Waals surface area contributed by atoms with Crippen molar-refractivity contribution in [2.45, 2.75) is 43.8 Å². The number of aliphatic hydroxyl groups excluding tert-OH is 1. The molecule has 1 atom stereocenters. The van der Waals surface area contributed by atoms with E-state index in [1.54, 1.807) is 24.3 Å². The predicted molar refractivity (Wildman–Crippen MR) is 130 cm³/mol. The largest absolute Gasteiger partial charge is 0.494 e. The molecule has 42 heavy (non-hydrogen) atoms. The number of nitrogens with zero attached hydrogens (tertiary/aromatic N) is 1. The van der Waals surface area contributed by atoms with Gasteiger partial charge in [-0.05, 0) is 48.9 Å². The van der Waals surface area contributed by atoms with Crippen molar-refractivity contribution in [2.75, 3.05) is 18.2 Å². The SMILES string of the molecule is CCOc1ccc(COc2cccc(N(CC(O)C(F)(F)F)Oc3cccc(C(F)(F)C(F)(F)C(F)(F)F)c3)c2)cc1. The Balaban J connectivity index is 1.88. The molecular weight excluding hydrogens is 592 g/mol. The van der Waals surface area contributed by atoms with Gasteiger partial charge in [-0.3, -0.25) is 0 Å². The standard InChI is InChI=1S/C27H23F10NO4/c1-2-40-20-11-9-17(10-12-20)16-41-21-7-4-6-19(14-21)38(15-23(39)25(30,31)32)42-22-8-3-5-18(13-22)24(28,29)26(33,34)27(35,36)37/h3-14,23,39H,2,15-16H2,1H3. The third-order valence-electron chi connectivity index (χ3n) is 5.62. The zero-order valence-corrected chi connectivity index (χ0v) is 21.5. The molecule has 0 aliphatic rings. The third kappa shape index (κ3) is 7.69. The third-order valence-corrected chi connectivity index (χ3v) is 5.62. The molecule has 0 saturated carbocycles. The number of alkyl halides is 10. The van der Waals surface area contributed by atoms with Gasteiger partial charge in [0.2, 0.25) is 0 Å². The maximum absolute atomic E-state index is 14.2. The Morgan fingerprint density at radius 2 is 1.36 bits per heavy atom. The topological polar surface area (TPSA) is 51.2 Å². The van der Waals surface area contributed by atoms with Crippen molar-refractivity contribution in [3.05, 3.63) is 83.9 Å². The number of ether oxygens (including phenoxy) is 2. The number of rotatable bonds is 12. The molecule has 1 N–H and O–H groups in total. The lowest BCUT2D eigenvalue weighted by molar-refractivity contribution is -0.359. The Morgan fingerprint density at radius 3 is 1.95 bits per heavy atom. The van der Waals surface area contributed by atoms with Crippen molar-refractivity contribution >= 4 is 5.69 Å². The molecule has 0 aromatic heterocycles. The molecule has 3 aromatic carbocycles. The highest BCUT2D eigenvalue weighted by Crippen LogP contribution is 2.52. The van der Waals surface area contributed by atoms with Gasteiger partial charge in [0.15, 0.2) is 11.9 Å². The fraction of sp³-hybridized carbons (Fsp3) is 0.333. The van der Waals surface area contributed by atoms with E-state index < -0.39 is 48.2 Å². The Hall–Kier alpha value is -3.88. The first-order valence-corrected chi connectivity index (χ1v) is 12.0. The molecular formula is C27H23F10NO4. The highest BCUT2D eigenvalue weighted by atomic mass is 19.4. The first-order chi connectivity index (χ1) is 19.5. The van der Waals surface area contributed by atoms with Gasteiger partial charge in [0.05, 0.1) is 18.8 Å². The number of aliphatic hydroxyl groups is 1. The summed E-state index contributed by atoms with van der Waals surface area (Å²) in [5.74, 6) is -12.3. The van der Waals surface area contributed by atoms with E-state index in [-0.39, 0.29) is 30.2 Å². The van der Waals surface area contributed by atoms with Crippen molar-refractivity contribution in [1.29, 1.82) is 0 Å². The van der Waals surface area contributed by atoms with Gasteiger partial charge >= 0.3 is 24.2 Å². The van der Waals surface area contributed by atoms with Gasteiger partial charge in [-0.25, -0.2) is 5.06 Å². The van der Waals surface area contributed by atoms with E-state index in [0.29, 0.717) is 29.0 Å². The van der Waals surface area contributed by atoms with Crippen LogP contribution in [0.25, 0.3) is 0 Å². The minimum absolute atomic E-state index is 0.00639. The molecule has 5 nitrogen and oxygen atoms in total. The summed E-state index contributed by atoms with van der Waals surface area (Å²) in [5, 5.41) is 10.0. The monoisotopic (exact) mass is 615 g/mol. The first kappa shape index (κ1) is 32.6. The van der Waals surface area contributed by atoms with Gasteiger partial charge < -0.3 is 19.4 Å². The van der Waals surface area contributed by atoms with E-state index in [4.69, 9.17) is 14.3 Å². The molecule has 0 bridgehead atoms. The molecule has 230 valence electrons. The summed E-state index contributed by atoms with van der Waals surface area (Å²) >= 11 is 0. The number of hydroxylamine groups is 1. The van der Waals surface area contributed by atoms with Gasteiger partial charge in [-0.1, -0.05) is 30.3 Å². The Morgan fingerprint density at radius 1 is 0.738 bits per heavy atom. The molecule has 0 amide bonds. The summed E-state index contributed by atoms with van der Waals surface area (Å²) in [5.41, 5.74) is -1.33. The molecule has 15 heteroatoms. The molecule has 3 rings (SSSR count). The molecule has 1 unspecified atom stereocenters. The van der Waals surface area contributed by atoms with Crippen molar-refractivity contribution in [3.63, 3.8) is 0 Å². The second kappa shape index (κ2) is 12.5. The van der Waals surface area contributed by atoms with E-state index >= 15 is 0 Å². The summed E-state index contributed by atoms with van der Waals surface area (Å²) < 4.78 is 144. The summed E-state index contributed by atoms with van der Waals surface area (Å²) in [6.07, 6.45) is -14.8. The zero-order valence-electron chi connectivity index (χ0n) is 21.5. The highest BCUT2D eigenvalue weighted by Gasteiger charge is 2.73. The maximum atomic E-state index is 14.2. The summed E-state index contributed by atoms with van der Waals surface area (Å²) in [4.78, 5) is 5.20. The van der Waals surface area contributed by atoms with Crippen LogP contribution in [0.5, 0.6) is 17.2 Å². The predicted octanol–water partition coefficient (Wildman–Crippen LogP) is 7.68. The van der Waals surface area contributed by atoms with Crippen molar-refractivity contribution in [3.8, 4) is 17.2 Å². The number of hydrogen-bond donors (Lipinski definition) is 1. The fourth-order valence-electron chi connectivity index (χ4n) is 3.43.